The van der Waals surface area contributed by atoms with E-state index < -0.39 is 0 Å². The van der Waals surface area contributed by atoms with E-state index >= 15 is 0 Å². The van der Waals surface area contributed by atoms with Gasteiger partial charge in [0.15, 0.2) is 5.43 Å². The summed E-state index contributed by atoms with van der Waals surface area (Å²) in [5.41, 5.74) is 1.64. The van der Waals surface area contributed by atoms with Gasteiger partial charge in [-0.05, 0) is 25.3 Å². The molecule has 76 valence electrons. The van der Waals surface area contributed by atoms with Gasteiger partial charge in [-0.25, -0.2) is 0 Å². The van der Waals surface area contributed by atoms with Gasteiger partial charge in [0.1, 0.15) is 11.3 Å². The third kappa shape index (κ3) is 1.27. The van der Waals surface area contributed by atoms with Crippen LogP contribution in [0.5, 0.6) is 0 Å². The number of aromatic nitrogens is 1. The molecule has 2 aromatic heterocycles. The van der Waals surface area contributed by atoms with Gasteiger partial charge in [0.2, 0.25) is 0 Å². The number of hydrogen-bond acceptors (Lipinski definition) is 3. The molecule has 0 fully saturated rings. The summed E-state index contributed by atoms with van der Waals surface area (Å²) in [6.45, 7) is 0. The van der Waals surface area contributed by atoms with Crippen LogP contribution in [0, 0.1) is 0 Å². The van der Waals surface area contributed by atoms with Crippen LogP contribution in [-0.2, 0) is 12.8 Å². The first-order chi connectivity index (χ1) is 7.36. The summed E-state index contributed by atoms with van der Waals surface area (Å²) >= 11 is 0. The molecule has 0 N–H and O–H groups in total. The summed E-state index contributed by atoms with van der Waals surface area (Å²) in [4.78, 5) is 16.0. The van der Waals surface area contributed by atoms with Crippen LogP contribution in [0.4, 0.5) is 0 Å². The van der Waals surface area contributed by atoms with Crippen molar-refractivity contribution in [2.75, 3.05) is 0 Å². The van der Waals surface area contributed by atoms with E-state index in [-0.39, 0.29) is 5.43 Å². The molecule has 0 atom stereocenters. The second kappa shape index (κ2) is 3.19. The van der Waals surface area contributed by atoms with Gasteiger partial charge in [0.25, 0.3) is 0 Å². The highest BCUT2D eigenvalue weighted by atomic mass is 16.3. The minimum absolute atomic E-state index is 0.110. The maximum Gasteiger partial charge on any atom is 0.197 e. The quantitative estimate of drug-likeness (QED) is 0.655. The summed E-state index contributed by atoms with van der Waals surface area (Å²) < 4.78 is 5.73. The second-order valence-corrected chi connectivity index (χ2v) is 3.91. The normalized spacial score (nSPS) is 15.2. The molecule has 0 spiro atoms. The van der Waals surface area contributed by atoms with Crippen molar-refractivity contribution in [2.24, 2.45) is 0 Å². The number of fused-ring (bicyclic) bond motifs is 2. The minimum Gasteiger partial charge on any atom is -0.460 e. The molecule has 15 heavy (non-hydrogen) atoms. The van der Waals surface area contributed by atoms with Gasteiger partial charge >= 0.3 is 0 Å². The molecule has 2 heterocycles. The van der Waals surface area contributed by atoms with E-state index in [1.807, 2.05) is 0 Å². The van der Waals surface area contributed by atoms with E-state index in [4.69, 9.17) is 4.42 Å². The summed E-state index contributed by atoms with van der Waals surface area (Å²) in [5, 5.41) is 0.609. The second-order valence-electron chi connectivity index (χ2n) is 3.91. The standard InChI is InChI=1S/C12H11NO2/c14-12-8-3-1-2-4-10(8)15-11-5-6-13-7-9(11)12/h5-7H,1-4H2. The Balaban J connectivity index is 2.41. The largest absolute Gasteiger partial charge is 0.460 e. The van der Waals surface area contributed by atoms with Crippen LogP contribution in [0.15, 0.2) is 27.7 Å². The lowest BCUT2D eigenvalue weighted by Gasteiger charge is -2.13. The first kappa shape index (κ1) is 8.65. The molecule has 3 heteroatoms. The van der Waals surface area contributed by atoms with Crippen LogP contribution >= 0.6 is 0 Å². The monoisotopic (exact) mass is 201 g/mol. The summed E-state index contributed by atoms with van der Waals surface area (Å²) in [7, 11) is 0. The molecule has 0 unspecified atom stereocenters. The van der Waals surface area contributed by atoms with Crippen LogP contribution in [-0.4, -0.2) is 4.98 Å². The molecule has 0 aliphatic heterocycles. The van der Waals surface area contributed by atoms with Crippen molar-refractivity contribution in [3.8, 4) is 0 Å². The number of aryl methyl sites for hydroxylation is 1. The summed E-state index contributed by atoms with van der Waals surface area (Å²) in [5.74, 6) is 0.880. The predicted octanol–water partition coefficient (Wildman–Crippen LogP) is 2.07. The molecule has 0 bridgehead atoms. The third-order valence-electron chi connectivity index (χ3n) is 2.95. The SMILES string of the molecule is O=c1c2c(oc3ccncc13)CCCC2. The van der Waals surface area contributed by atoms with Crippen molar-refractivity contribution in [2.45, 2.75) is 25.7 Å². The Morgan fingerprint density at radius 2 is 2.13 bits per heavy atom. The molecular formula is C12H11NO2. The highest BCUT2D eigenvalue weighted by Gasteiger charge is 2.17. The topological polar surface area (TPSA) is 43.1 Å². The van der Waals surface area contributed by atoms with Gasteiger partial charge in [-0.15, -0.1) is 0 Å². The van der Waals surface area contributed by atoms with Gasteiger partial charge in [-0.1, -0.05) is 0 Å². The number of pyridine rings is 1. The van der Waals surface area contributed by atoms with Crippen LogP contribution in [0.25, 0.3) is 11.0 Å². The van der Waals surface area contributed by atoms with E-state index in [2.05, 4.69) is 4.98 Å². The van der Waals surface area contributed by atoms with E-state index in [0.717, 1.165) is 37.0 Å². The van der Waals surface area contributed by atoms with Crippen LogP contribution in [0.1, 0.15) is 24.2 Å². The molecule has 0 radical (unpaired) electrons. The van der Waals surface area contributed by atoms with E-state index in [1.165, 1.54) is 0 Å². The summed E-state index contributed by atoms with van der Waals surface area (Å²) in [6.07, 6.45) is 7.19. The lowest BCUT2D eigenvalue weighted by atomic mass is 9.96. The summed E-state index contributed by atoms with van der Waals surface area (Å²) in [6, 6.07) is 1.76. The molecule has 3 rings (SSSR count). The van der Waals surface area contributed by atoms with Crippen molar-refractivity contribution < 1.29 is 4.42 Å². The van der Waals surface area contributed by atoms with Crippen molar-refractivity contribution in [1.29, 1.82) is 0 Å². The van der Waals surface area contributed by atoms with Gasteiger partial charge in [0.05, 0.1) is 5.39 Å². The number of nitrogens with zero attached hydrogens (tertiary/aromatic N) is 1. The highest BCUT2D eigenvalue weighted by Crippen LogP contribution is 2.21. The average molecular weight is 201 g/mol. The Morgan fingerprint density at radius 3 is 3.07 bits per heavy atom. The predicted molar refractivity (Wildman–Crippen MR) is 56.9 cm³/mol. The van der Waals surface area contributed by atoms with E-state index in [9.17, 15) is 4.79 Å². The average Bonchev–Trinajstić information content (AvgIpc) is 2.30. The van der Waals surface area contributed by atoms with Gasteiger partial charge < -0.3 is 4.42 Å². The smallest absolute Gasteiger partial charge is 0.197 e. The fourth-order valence-electron chi connectivity index (χ4n) is 2.17. The fourth-order valence-corrected chi connectivity index (χ4v) is 2.17. The first-order valence-electron chi connectivity index (χ1n) is 5.25. The Kier molecular flexibility index (Phi) is 1.84. The zero-order valence-electron chi connectivity index (χ0n) is 8.32. The molecule has 0 saturated heterocycles. The lowest BCUT2D eigenvalue weighted by molar-refractivity contribution is 0.486. The third-order valence-corrected chi connectivity index (χ3v) is 2.95. The molecule has 1 aliphatic rings. The van der Waals surface area contributed by atoms with Gasteiger partial charge in [-0.2, -0.15) is 0 Å². The highest BCUT2D eigenvalue weighted by molar-refractivity contribution is 5.75. The Bertz CT molecular complexity index is 571. The number of hydrogen-bond donors (Lipinski definition) is 0. The van der Waals surface area contributed by atoms with Crippen LogP contribution in [0.3, 0.4) is 0 Å². The Labute approximate surface area is 86.8 Å². The van der Waals surface area contributed by atoms with E-state index in [1.54, 1.807) is 18.5 Å². The van der Waals surface area contributed by atoms with Gasteiger partial charge in [-0.3, -0.25) is 9.78 Å². The molecule has 3 nitrogen and oxygen atoms in total. The maximum atomic E-state index is 12.1. The maximum absolute atomic E-state index is 12.1. The van der Waals surface area contributed by atoms with Crippen LogP contribution in [0.2, 0.25) is 0 Å². The zero-order chi connectivity index (χ0) is 10.3. The van der Waals surface area contributed by atoms with Crippen molar-refractivity contribution in [3.63, 3.8) is 0 Å². The van der Waals surface area contributed by atoms with Crippen molar-refractivity contribution in [1.82, 2.24) is 4.98 Å². The molecule has 1 aliphatic carbocycles. The molecule has 2 aromatic rings. The lowest BCUT2D eigenvalue weighted by Crippen LogP contribution is -2.16. The fraction of sp³-hybridized carbons (Fsp3) is 0.333. The van der Waals surface area contributed by atoms with Crippen molar-refractivity contribution >= 4 is 11.0 Å². The molecule has 0 aromatic carbocycles. The Morgan fingerprint density at radius 1 is 1.27 bits per heavy atom. The van der Waals surface area contributed by atoms with E-state index in [0.29, 0.717) is 11.0 Å². The van der Waals surface area contributed by atoms with Crippen molar-refractivity contribution in [3.05, 3.63) is 40.0 Å². The first-order valence-corrected chi connectivity index (χ1v) is 5.25. The molecule has 0 saturated carbocycles. The minimum atomic E-state index is 0.110. The Hall–Kier alpha value is -1.64. The molecular weight excluding hydrogens is 190 g/mol. The molecule has 0 amide bonds. The zero-order valence-corrected chi connectivity index (χ0v) is 8.32. The van der Waals surface area contributed by atoms with Gasteiger partial charge in [0, 0.05) is 24.4 Å². The number of rotatable bonds is 0. The van der Waals surface area contributed by atoms with Crippen LogP contribution < -0.4 is 5.43 Å².